The maximum absolute atomic E-state index is 12.8. The molecule has 0 aliphatic carbocycles. The Labute approximate surface area is 196 Å². The third-order valence-electron chi connectivity index (χ3n) is 4.52. The number of primary amides is 1. The average molecular weight is 486 g/mol. The number of rotatable bonds is 8. The van der Waals surface area contributed by atoms with Gasteiger partial charge >= 0.3 is 0 Å². The van der Waals surface area contributed by atoms with Crippen LogP contribution in [0.5, 0.6) is 5.75 Å². The van der Waals surface area contributed by atoms with Crippen LogP contribution < -0.4 is 15.8 Å². The van der Waals surface area contributed by atoms with Gasteiger partial charge in [-0.2, -0.15) is 0 Å². The Balaban J connectivity index is 1.66. The Hall–Kier alpha value is -3.15. The number of anilines is 1. The molecule has 0 spiro atoms. The number of carbonyl (C=O) groups is 2. The Morgan fingerprint density at radius 2 is 1.94 bits per heavy atom. The van der Waals surface area contributed by atoms with E-state index in [0.717, 1.165) is 10.6 Å². The Morgan fingerprint density at radius 1 is 1.12 bits per heavy atom. The van der Waals surface area contributed by atoms with E-state index in [9.17, 15) is 9.59 Å². The van der Waals surface area contributed by atoms with Crippen LogP contribution in [0, 0.1) is 0 Å². The number of thiophene rings is 2. The van der Waals surface area contributed by atoms with Crippen molar-refractivity contribution < 1.29 is 14.3 Å². The molecule has 32 heavy (non-hydrogen) atoms. The van der Waals surface area contributed by atoms with E-state index in [-0.39, 0.29) is 11.5 Å². The molecule has 1 unspecified atom stereocenters. The highest BCUT2D eigenvalue weighted by Gasteiger charge is 2.24. The van der Waals surface area contributed by atoms with Crippen molar-refractivity contribution in [2.45, 2.75) is 17.3 Å². The zero-order chi connectivity index (χ0) is 22.7. The molecule has 0 aliphatic rings. The fraction of sp³-hybridized carbons (Fsp3) is 0.143. The summed E-state index contributed by atoms with van der Waals surface area (Å²) in [5, 5.41) is 15.7. The number of ether oxygens (including phenoxy) is 1. The number of hydrogen-bond donors (Lipinski definition) is 2. The second-order valence-electron chi connectivity index (χ2n) is 6.57. The lowest BCUT2D eigenvalue weighted by Gasteiger charge is -2.15. The van der Waals surface area contributed by atoms with Gasteiger partial charge in [-0.1, -0.05) is 30.0 Å². The molecule has 0 fully saturated rings. The highest BCUT2D eigenvalue weighted by atomic mass is 32.2. The number of benzene rings is 1. The van der Waals surface area contributed by atoms with Gasteiger partial charge in [0.05, 0.1) is 28.5 Å². The van der Waals surface area contributed by atoms with Crippen molar-refractivity contribution in [2.75, 3.05) is 12.4 Å². The summed E-state index contributed by atoms with van der Waals surface area (Å²) < 4.78 is 7.44. The first kappa shape index (κ1) is 22.1. The lowest BCUT2D eigenvalue weighted by molar-refractivity contribution is -0.115. The summed E-state index contributed by atoms with van der Waals surface area (Å²) in [4.78, 5) is 25.3. The molecule has 1 aromatic carbocycles. The van der Waals surface area contributed by atoms with Crippen molar-refractivity contribution in [3.63, 3.8) is 0 Å². The highest BCUT2D eigenvalue weighted by molar-refractivity contribution is 8.00. The molecular formula is C21H19N5O3S3. The van der Waals surface area contributed by atoms with E-state index in [0.29, 0.717) is 21.7 Å². The van der Waals surface area contributed by atoms with Crippen LogP contribution in [0.2, 0.25) is 0 Å². The SMILES string of the molecule is COc1ccccc1-n1c(SC(C)C(=O)Nc2sccc2C(N)=O)nnc1-c1cccs1. The standard InChI is InChI=1S/C21H19N5O3S3/c1-12(19(28)23-20-13(17(22)27)9-11-31-20)32-21-25-24-18(16-8-5-10-30-16)26(21)14-6-3-4-7-15(14)29-2/h3-12H,1-2H3,(H2,22,27)(H,23,28). The van der Waals surface area contributed by atoms with Crippen LogP contribution in [0.15, 0.2) is 58.4 Å². The van der Waals surface area contributed by atoms with E-state index >= 15 is 0 Å². The number of carbonyl (C=O) groups excluding carboxylic acids is 2. The normalized spacial score (nSPS) is 11.8. The number of nitrogens with zero attached hydrogens (tertiary/aromatic N) is 3. The number of para-hydroxylation sites is 2. The first-order valence-electron chi connectivity index (χ1n) is 9.47. The quantitative estimate of drug-likeness (QED) is 0.360. The Morgan fingerprint density at radius 3 is 2.66 bits per heavy atom. The predicted octanol–water partition coefficient (Wildman–Crippen LogP) is 4.28. The molecule has 2 amide bonds. The van der Waals surface area contributed by atoms with Crippen molar-refractivity contribution in [1.82, 2.24) is 14.8 Å². The molecule has 0 aliphatic heterocycles. The summed E-state index contributed by atoms with van der Waals surface area (Å²) in [5.41, 5.74) is 6.43. The van der Waals surface area contributed by atoms with Gasteiger partial charge in [-0.05, 0) is 41.9 Å². The second-order valence-corrected chi connectivity index (χ2v) is 9.74. The predicted molar refractivity (Wildman–Crippen MR) is 128 cm³/mol. The highest BCUT2D eigenvalue weighted by Crippen LogP contribution is 2.35. The molecule has 0 saturated heterocycles. The third kappa shape index (κ3) is 4.40. The van der Waals surface area contributed by atoms with Gasteiger partial charge in [0.25, 0.3) is 5.91 Å². The molecule has 0 radical (unpaired) electrons. The van der Waals surface area contributed by atoms with Gasteiger partial charge in [-0.15, -0.1) is 32.9 Å². The zero-order valence-electron chi connectivity index (χ0n) is 17.1. The summed E-state index contributed by atoms with van der Waals surface area (Å²) >= 11 is 4.06. The van der Waals surface area contributed by atoms with E-state index < -0.39 is 11.2 Å². The van der Waals surface area contributed by atoms with Crippen LogP contribution in [0.4, 0.5) is 5.00 Å². The third-order valence-corrected chi connectivity index (χ3v) is 7.26. The van der Waals surface area contributed by atoms with E-state index in [1.807, 2.05) is 46.3 Å². The number of hydrogen-bond acceptors (Lipinski definition) is 8. The van der Waals surface area contributed by atoms with Gasteiger partial charge in [0.15, 0.2) is 11.0 Å². The van der Waals surface area contributed by atoms with Crippen molar-refractivity contribution in [3.8, 4) is 22.1 Å². The summed E-state index contributed by atoms with van der Waals surface area (Å²) in [5.74, 6) is 0.466. The first-order valence-corrected chi connectivity index (χ1v) is 12.1. The molecule has 4 aromatic rings. The maximum atomic E-state index is 12.8. The van der Waals surface area contributed by atoms with Gasteiger partial charge in [0.1, 0.15) is 10.8 Å². The van der Waals surface area contributed by atoms with Crippen LogP contribution in [0.3, 0.4) is 0 Å². The van der Waals surface area contributed by atoms with Crippen LogP contribution in [-0.2, 0) is 4.79 Å². The van der Waals surface area contributed by atoms with Crippen molar-refractivity contribution in [3.05, 3.63) is 58.8 Å². The van der Waals surface area contributed by atoms with Gasteiger partial charge in [-0.3, -0.25) is 14.2 Å². The fourth-order valence-corrected chi connectivity index (χ4v) is 5.32. The number of thioether (sulfide) groups is 1. The topological polar surface area (TPSA) is 112 Å². The molecule has 1 atom stereocenters. The number of aromatic nitrogens is 3. The lowest BCUT2D eigenvalue weighted by Crippen LogP contribution is -2.24. The Bertz CT molecular complexity index is 1250. The molecule has 8 nitrogen and oxygen atoms in total. The average Bonchev–Trinajstić information content (AvgIpc) is 3.54. The first-order chi connectivity index (χ1) is 15.5. The lowest BCUT2D eigenvalue weighted by atomic mass is 10.3. The molecule has 0 bridgehead atoms. The molecule has 4 rings (SSSR count). The zero-order valence-corrected chi connectivity index (χ0v) is 19.6. The molecule has 164 valence electrons. The molecule has 3 aromatic heterocycles. The minimum atomic E-state index is -0.585. The van der Waals surface area contributed by atoms with Gasteiger partial charge in [0, 0.05) is 0 Å². The minimum Gasteiger partial charge on any atom is -0.495 e. The molecule has 11 heteroatoms. The number of methoxy groups -OCH3 is 1. The summed E-state index contributed by atoms with van der Waals surface area (Å²) in [6.45, 7) is 1.77. The van der Waals surface area contributed by atoms with E-state index in [1.165, 1.54) is 23.1 Å². The summed E-state index contributed by atoms with van der Waals surface area (Å²) in [6, 6.07) is 13.1. The largest absolute Gasteiger partial charge is 0.495 e. The fourth-order valence-electron chi connectivity index (χ4n) is 2.97. The van der Waals surface area contributed by atoms with Gasteiger partial charge in [-0.25, -0.2) is 0 Å². The maximum Gasteiger partial charge on any atom is 0.251 e. The Kier molecular flexibility index (Phi) is 6.58. The van der Waals surface area contributed by atoms with Crippen LogP contribution in [0.1, 0.15) is 17.3 Å². The van der Waals surface area contributed by atoms with Crippen molar-refractivity contribution in [1.29, 1.82) is 0 Å². The summed E-state index contributed by atoms with van der Waals surface area (Å²) in [6.07, 6.45) is 0. The van der Waals surface area contributed by atoms with E-state index in [1.54, 1.807) is 36.8 Å². The van der Waals surface area contributed by atoms with Crippen molar-refractivity contribution in [2.24, 2.45) is 5.73 Å². The van der Waals surface area contributed by atoms with E-state index in [4.69, 9.17) is 10.5 Å². The molecule has 3 N–H and O–H groups in total. The molecule has 3 heterocycles. The van der Waals surface area contributed by atoms with Crippen LogP contribution >= 0.6 is 34.4 Å². The van der Waals surface area contributed by atoms with Crippen LogP contribution in [-0.4, -0.2) is 38.9 Å². The van der Waals surface area contributed by atoms with Crippen LogP contribution in [0.25, 0.3) is 16.4 Å². The van der Waals surface area contributed by atoms with Gasteiger partial charge in [0.2, 0.25) is 5.91 Å². The summed E-state index contributed by atoms with van der Waals surface area (Å²) in [7, 11) is 1.61. The second kappa shape index (κ2) is 9.55. The number of nitrogens with one attached hydrogen (secondary N) is 1. The van der Waals surface area contributed by atoms with Crippen molar-refractivity contribution >= 4 is 51.3 Å². The number of amides is 2. The smallest absolute Gasteiger partial charge is 0.251 e. The number of nitrogens with two attached hydrogens (primary N) is 1. The van der Waals surface area contributed by atoms with Gasteiger partial charge < -0.3 is 15.8 Å². The monoisotopic (exact) mass is 485 g/mol. The molecule has 0 saturated carbocycles. The molecular weight excluding hydrogens is 466 g/mol. The minimum absolute atomic E-state index is 0.271. The van der Waals surface area contributed by atoms with E-state index in [2.05, 4.69) is 15.5 Å².